The van der Waals surface area contributed by atoms with Gasteiger partial charge in [-0.2, -0.15) is 0 Å². The fraction of sp³-hybridized carbons (Fsp3) is 0.333. The van der Waals surface area contributed by atoms with Gasteiger partial charge >= 0.3 is 0 Å². The van der Waals surface area contributed by atoms with Crippen molar-refractivity contribution in [2.75, 3.05) is 0 Å². The molecule has 0 atom stereocenters. The third-order valence-electron chi connectivity index (χ3n) is 3.65. The molecule has 0 fully saturated rings. The van der Waals surface area contributed by atoms with Crippen molar-refractivity contribution in [1.29, 1.82) is 0 Å². The standard InChI is InChI=1S/C18H22O4/c1-11(2)5-4-6-12(3)7-8-13-14(19)9-16-17(18(13)21)15(20)10-22-16/h5,7,9-10,19-21H,4,6,8H2,1-3H3. The molecule has 3 N–H and O–H groups in total. The lowest BCUT2D eigenvalue weighted by Gasteiger charge is -2.07. The number of phenols is 2. The first-order chi connectivity index (χ1) is 10.4. The Bertz CT molecular complexity index is 731. The first-order valence-electron chi connectivity index (χ1n) is 7.33. The summed E-state index contributed by atoms with van der Waals surface area (Å²) in [6.07, 6.45) is 7.63. The van der Waals surface area contributed by atoms with Gasteiger partial charge in [0, 0.05) is 11.6 Å². The third-order valence-corrected chi connectivity index (χ3v) is 3.65. The fourth-order valence-electron chi connectivity index (χ4n) is 2.36. The number of allylic oxidation sites excluding steroid dienone is 4. The van der Waals surface area contributed by atoms with Crippen molar-refractivity contribution >= 4 is 11.0 Å². The van der Waals surface area contributed by atoms with Crippen molar-refractivity contribution in [2.45, 2.75) is 40.0 Å². The van der Waals surface area contributed by atoms with Crippen molar-refractivity contribution in [2.24, 2.45) is 0 Å². The van der Waals surface area contributed by atoms with Crippen LogP contribution in [0.4, 0.5) is 0 Å². The van der Waals surface area contributed by atoms with Gasteiger partial charge in [-0.25, -0.2) is 0 Å². The molecule has 0 unspecified atom stereocenters. The van der Waals surface area contributed by atoms with Crippen molar-refractivity contribution in [3.8, 4) is 17.2 Å². The number of phenolic OH excluding ortho intramolecular Hbond substituents is 2. The highest BCUT2D eigenvalue weighted by Gasteiger charge is 2.17. The lowest BCUT2D eigenvalue weighted by molar-refractivity contribution is 0.441. The molecule has 0 aliphatic heterocycles. The Balaban J connectivity index is 2.20. The molecule has 0 bridgehead atoms. The minimum Gasteiger partial charge on any atom is -0.507 e. The molecule has 0 spiro atoms. The molecule has 4 nitrogen and oxygen atoms in total. The summed E-state index contributed by atoms with van der Waals surface area (Å²) >= 11 is 0. The van der Waals surface area contributed by atoms with E-state index in [1.165, 1.54) is 17.2 Å². The quantitative estimate of drug-likeness (QED) is 0.695. The molecule has 2 aromatic rings. The number of furan rings is 1. The SMILES string of the molecule is CC(C)=CCCC(C)=CCc1c(O)cc2occ(O)c2c1O. The maximum absolute atomic E-state index is 10.2. The van der Waals surface area contributed by atoms with Gasteiger partial charge in [0.2, 0.25) is 0 Å². The van der Waals surface area contributed by atoms with E-state index in [1.54, 1.807) is 0 Å². The van der Waals surface area contributed by atoms with Crippen molar-refractivity contribution in [1.82, 2.24) is 0 Å². The molecule has 0 saturated heterocycles. The second kappa shape index (κ2) is 6.60. The van der Waals surface area contributed by atoms with E-state index in [0.717, 1.165) is 19.1 Å². The van der Waals surface area contributed by atoms with E-state index >= 15 is 0 Å². The van der Waals surface area contributed by atoms with Crippen LogP contribution in [0.5, 0.6) is 17.2 Å². The molecular formula is C18H22O4. The van der Waals surface area contributed by atoms with Crippen LogP contribution in [0, 0.1) is 0 Å². The first-order valence-corrected chi connectivity index (χ1v) is 7.33. The summed E-state index contributed by atoms with van der Waals surface area (Å²) in [5.74, 6) is -0.291. The fourth-order valence-corrected chi connectivity index (χ4v) is 2.36. The summed E-state index contributed by atoms with van der Waals surface area (Å²) in [6, 6.07) is 1.41. The number of hydrogen-bond donors (Lipinski definition) is 3. The minimum atomic E-state index is -0.130. The molecular weight excluding hydrogens is 280 g/mol. The Hall–Kier alpha value is -2.36. The number of rotatable bonds is 5. The Morgan fingerprint density at radius 2 is 1.82 bits per heavy atom. The van der Waals surface area contributed by atoms with Crippen molar-refractivity contribution in [3.05, 3.63) is 41.2 Å². The molecule has 2 rings (SSSR count). The summed E-state index contributed by atoms with van der Waals surface area (Å²) in [4.78, 5) is 0. The van der Waals surface area contributed by atoms with Crippen molar-refractivity contribution in [3.63, 3.8) is 0 Å². The van der Waals surface area contributed by atoms with E-state index in [-0.39, 0.29) is 28.2 Å². The highest BCUT2D eigenvalue weighted by Crippen LogP contribution is 2.41. The van der Waals surface area contributed by atoms with E-state index in [2.05, 4.69) is 19.9 Å². The molecule has 22 heavy (non-hydrogen) atoms. The van der Waals surface area contributed by atoms with Crippen LogP contribution in [-0.4, -0.2) is 15.3 Å². The van der Waals surface area contributed by atoms with Crippen LogP contribution in [0.1, 0.15) is 39.2 Å². The van der Waals surface area contributed by atoms with Gasteiger partial charge in [0.15, 0.2) is 5.75 Å². The molecule has 0 radical (unpaired) electrons. The van der Waals surface area contributed by atoms with Gasteiger partial charge in [-0.3, -0.25) is 0 Å². The van der Waals surface area contributed by atoms with Crippen LogP contribution in [0.15, 0.2) is 40.0 Å². The maximum Gasteiger partial charge on any atom is 0.165 e. The molecule has 1 aromatic heterocycles. The summed E-state index contributed by atoms with van der Waals surface area (Å²) in [6.45, 7) is 6.17. The normalized spacial score (nSPS) is 11.9. The average Bonchev–Trinajstić information content (AvgIpc) is 2.79. The van der Waals surface area contributed by atoms with E-state index in [1.807, 2.05) is 13.0 Å². The average molecular weight is 302 g/mol. The van der Waals surface area contributed by atoms with Gasteiger partial charge in [-0.1, -0.05) is 23.3 Å². The summed E-state index contributed by atoms with van der Waals surface area (Å²) in [5.41, 5.74) is 3.14. The number of hydrogen-bond acceptors (Lipinski definition) is 4. The highest BCUT2D eigenvalue weighted by molar-refractivity contribution is 5.92. The lowest BCUT2D eigenvalue weighted by atomic mass is 10.0. The number of benzene rings is 1. The van der Waals surface area contributed by atoms with Gasteiger partial charge in [-0.15, -0.1) is 0 Å². The van der Waals surface area contributed by atoms with Crippen LogP contribution in [-0.2, 0) is 6.42 Å². The molecule has 0 aliphatic rings. The summed E-state index contributed by atoms with van der Waals surface area (Å²) in [7, 11) is 0. The molecule has 0 saturated carbocycles. The third kappa shape index (κ3) is 3.45. The molecule has 0 amide bonds. The van der Waals surface area contributed by atoms with Crippen LogP contribution >= 0.6 is 0 Å². The van der Waals surface area contributed by atoms with Gasteiger partial charge in [0.05, 0.1) is 0 Å². The number of aromatic hydroxyl groups is 3. The topological polar surface area (TPSA) is 73.8 Å². The molecule has 0 aliphatic carbocycles. The van der Waals surface area contributed by atoms with Crippen LogP contribution in [0.25, 0.3) is 11.0 Å². The van der Waals surface area contributed by atoms with Gasteiger partial charge in [0.1, 0.15) is 28.7 Å². The first kappa shape index (κ1) is 16.0. The number of fused-ring (bicyclic) bond motifs is 1. The molecule has 118 valence electrons. The second-order valence-electron chi connectivity index (χ2n) is 5.79. The van der Waals surface area contributed by atoms with Gasteiger partial charge in [-0.05, 0) is 40.0 Å². The molecule has 1 aromatic carbocycles. The van der Waals surface area contributed by atoms with Crippen LogP contribution in [0.2, 0.25) is 0 Å². The molecule has 1 heterocycles. The zero-order valence-corrected chi connectivity index (χ0v) is 13.2. The second-order valence-corrected chi connectivity index (χ2v) is 5.79. The Morgan fingerprint density at radius 1 is 1.09 bits per heavy atom. The summed E-state index contributed by atoms with van der Waals surface area (Å²) < 4.78 is 5.07. The summed E-state index contributed by atoms with van der Waals surface area (Å²) in [5, 5.41) is 30.2. The maximum atomic E-state index is 10.2. The zero-order valence-electron chi connectivity index (χ0n) is 13.2. The predicted molar refractivity (Wildman–Crippen MR) is 87.3 cm³/mol. The highest BCUT2D eigenvalue weighted by atomic mass is 16.4. The Kier molecular flexibility index (Phi) is 4.81. The van der Waals surface area contributed by atoms with E-state index in [4.69, 9.17) is 4.42 Å². The lowest BCUT2D eigenvalue weighted by Crippen LogP contribution is -1.87. The van der Waals surface area contributed by atoms with Crippen LogP contribution in [0.3, 0.4) is 0 Å². The monoisotopic (exact) mass is 302 g/mol. The largest absolute Gasteiger partial charge is 0.507 e. The predicted octanol–water partition coefficient (Wildman–Crippen LogP) is 4.78. The van der Waals surface area contributed by atoms with Gasteiger partial charge in [0.25, 0.3) is 0 Å². The molecule has 4 heteroatoms. The van der Waals surface area contributed by atoms with Gasteiger partial charge < -0.3 is 19.7 Å². The Labute approximate surface area is 130 Å². The van der Waals surface area contributed by atoms with E-state index in [0.29, 0.717) is 12.0 Å². The van der Waals surface area contributed by atoms with E-state index < -0.39 is 0 Å². The van der Waals surface area contributed by atoms with Crippen molar-refractivity contribution < 1.29 is 19.7 Å². The van der Waals surface area contributed by atoms with Crippen LogP contribution < -0.4 is 0 Å². The minimum absolute atomic E-state index is 0.0345. The Morgan fingerprint density at radius 3 is 2.50 bits per heavy atom. The van der Waals surface area contributed by atoms with E-state index in [9.17, 15) is 15.3 Å². The smallest absolute Gasteiger partial charge is 0.165 e. The zero-order chi connectivity index (χ0) is 16.3.